The van der Waals surface area contributed by atoms with Crippen LogP contribution in [0.4, 0.5) is 17.2 Å². The number of benzene rings is 2. The molecule has 0 radical (unpaired) electrons. The summed E-state index contributed by atoms with van der Waals surface area (Å²) in [6.07, 6.45) is 0. The normalized spacial score (nSPS) is 10.4. The number of hydrogen-bond donors (Lipinski definition) is 3. The van der Waals surface area contributed by atoms with Gasteiger partial charge in [0.25, 0.3) is 0 Å². The SMILES string of the molecule is CC(=O)Nc1ccc(Nc2nnc(SCc3ccccc3)n(N)c2=O)cc1. The molecule has 4 N–H and O–H groups in total. The number of amides is 1. The van der Waals surface area contributed by atoms with E-state index in [2.05, 4.69) is 20.8 Å². The molecule has 0 aliphatic carbocycles. The summed E-state index contributed by atoms with van der Waals surface area (Å²) in [4.78, 5) is 23.5. The third-order valence-electron chi connectivity index (χ3n) is 3.54. The summed E-state index contributed by atoms with van der Waals surface area (Å²) in [7, 11) is 0. The molecule has 8 nitrogen and oxygen atoms in total. The number of carbonyl (C=O) groups excluding carboxylic acids is 1. The van der Waals surface area contributed by atoms with Crippen molar-refractivity contribution in [2.45, 2.75) is 17.8 Å². The van der Waals surface area contributed by atoms with Gasteiger partial charge in [-0.25, -0.2) is 0 Å². The van der Waals surface area contributed by atoms with Crippen LogP contribution in [-0.4, -0.2) is 20.8 Å². The van der Waals surface area contributed by atoms with Crippen LogP contribution in [0.1, 0.15) is 12.5 Å². The van der Waals surface area contributed by atoms with Crippen molar-refractivity contribution in [3.05, 3.63) is 70.5 Å². The molecule has 1 aromatic heterocycles. The van der Waals surface area contributed by atoms with Gasteiger partial charge in [0.1, 0.15) is 0 Å². The van der Waals surface area contributed by atoms with E-state index >= 15 is 0 Å². The second-order valence-corrected chi connectivity index (χ2v) is 6.61. The average molecular weight is 382 g/mol. The molecular formula is C18H18N6O2S. The van der Waals surface area contributed by atoms with Gasteiger partial charge in [0.2, 0.25) is 16.9 Å². The Morgan fingerprint density at radius 3 is 2.41 bits per heavy atom. The minimum atomic E-state index is -0.480. The maximum Gasteiger partial charge on any atom is 0.315 e. The van der Waals surface area contributed by atoms with Crippen LogP contribution in [0.15, 0.2) is 64.5 Å². The fraction of sp³-hybridized carbons (Fsp3) is 0.111. The van der Waals surface area contributed by atoms with Crippen molar-refractivity contribution in [2.24, 2.45) is 0 Å². The lowest BCUT2D eigenvalue weighted by molar-refractivity contribution is -0.114. The van der Waals surface area contributed by atoms with Crippen LogP contribution in [-0.2, 0) is 10.5 Å². The van der Waals surface area contributed by atoms with Gasteiger partial charge < -0.3 is 16.5 Å². The molecule has 0 spiro atoms. The Morgan fingerprint density at radius 1 is 1.07 bits per heavy atom. The molecule has 3 aromatic rings. The third-order valence-corrected chi connectivity index (χ3v) is 4.56. The first kappa shape index (κ1) is 18.5. The maximum absolute atomic E-state index is 12.4. The summed E-state index contributed by atoms with van der Waals surface area (Å²) in [5.74, 6) is 6.37. The lowest BCUT2D eigenvalue weighted by Gasteiger charge is -2.09. The Kier molecular flexibility index (Phi) is 5.72. The maximum atomic E-state index is 12.4. The van der Waals surface area contributed by atoms with Gasteiger partial charge in [-0.1, -0.05) is 42.1 Å². The number of aromatic nitrogens is 3. The molecule has 0 bridgehead atoms. The molecule has 0 saturated carbocycles. The van der Waals surface area contributed by atoms with Crippen molar-refractivity contribution in [3.63, 3.8) is 0 Å². The molecule has 27 heavy (non-hydrogen) atoms. The highest BCUT2D eigenvalue weighted by Crippen LogP contribution is 2.19. The number of nitrogens with zero attached hydrogens (tertiary/aromatic N) is 3. The van der Waals surface area contributed by atoms with E-state index in [0.29, 0.717) is 22.3 Å². The topological polar surface area (TPSA) is 115 Å². The monoisotopic (exact) mass is 382 g/mol. The van der Waals surface area contributed by atoms with E-state index in [1.807, 2.05) is 30.3 Å². The number of rotatable bonds is 6. The van der Waals surface area contributed by atoms with E-state index in [-0.39, 0.29) is 11.7 Å². The number of nitrogen functional groups attached to an aromatic ring is 1. The smallest absolute Gasteiger partial charge is 0.315 e. The Labute approximate surface area is 159 Å². The van der Waals surface area contributed by atoms with Crippen molar-refractivity contribution in [2.75, 3.05) is 16.5 Å². The Hall–Kier alpha value is -3.33. The summed E-state index contributed by atoms with van der Waals surface area (Å²) in [5.41, 5.74) is 1.90. The number of carbonyl (C=O) groups is 1. The number of anilines is 3. The molecule has 1 amide bonds. The van der Waals surface area contributed by atoms with Crippen LogP contribution in [0.3, 0.4) is 0 Å². The second-order valence-electron chi connectivity index (χ2n) is 5.66. The van der Waals surface area contributed by atoms with Crippen LogP contribution in [0.5, 0.6) is 0 Å². The van der Waals surface area contributed by atoms with Crippen LogP contribution in [0, 0.1) is 0 Å². The molecule has 3 rings (SSSR count). The summed E-state index contributed by atoms with van der Waals surface area (Å²) in [6.45, 7) is 1.43. The van der Waals surface area contributed by atoms with Crippen molar-refractivity contribution >= 4 is 34.9 Å². The quantitative estimate of drug-likeness (QED) is 0.443. The predicted octanol–water partition coefficient (Wildman–Crippen LogP) is 2.35. The first-order valence-corrected chi connectivity index (χ1v) is 9.07. The number of nitrogens with one attached hydrogen (secondary N) is 2. The van der Waals surface area contributed by atoms with Crippen LogP contribution >= 0.6 is 11.8 Å². The van der Waals surface area contributed by atoms with E-state index in [9.17, 15) is 9.59 Å². The van der Waals surface area contributed by atoms with Gasteiger partial charge in [-0.15, -0.1) is 10.2 Å². The molecular weight excluding hydrogens is 364 g/mol. The van der Waals surface area contributed by atoms with Gasteiger partial charge in [0.15, 0.2) is 0 Å². The molecule has 0 unspecified atom stereocenters. The molecule has 0 aliphatic heterocycles. The Balaban J connectivity index is 1.71. The summed E-state index contributed by atoms with van der Waals surface area (Å²) in [5, 5.41) is 13.9. The zero-order chi connectivity index (χ0) is 19.2. The zero-order valence-electron chi connectivity index (χ0n) is 14.5. The second kappa shape index (κ2) is 8.37. The van der Waals surface area contributed by atoms with Crippen LogP contribution < -0.4 is 22.0 Å². The van der Waals surface area contributed by atoms with Gasteiger partial charge in [-0.05, 0) is 29.8 Å². The number of thioether (sulfide) groups is 1. The predicted molar refractivity (Wildman–Crippen MR) is 106 cm³/mol. The van der Waals surface area contributed by atoms with Crippen molar-refractivity contribution in [1.29, 1.82) is 0 Å². The van der Waals surface area contributed by atoms with Gasteiger partial charge in [-0.2, -0.15) is 4.68 Å². The first-order valence-electron chi connectivity index (χ1n) is 8.09. The molecule has 9 heteroatoms. The Bertz CT molecular complexity index is 989. The first-order chi connectivity index (χ1) is 13.0. The number of nitrogens with two attached hydrogens (primary N) is 1. The third kappa shape index (κ3) is 4.85. The number of hydrogen-bond acceptors (Lipinski definition) is 7. The van der Waals surface area contributed by atoms with Gasteiger partial charge >= 0.3 is 5.56 Å². The van der Waals surface area contributed by atoms with Gasteiger partial charge in [0.05, 0.1) is 0 Å². The molecule has 0 fully saturated rings. The fourth-order valence-electron chi connectivity index (χ4n) is 2.26. The highest BCUT2D eigenvalue weighted by atomic mass is 32.2. The highest BCUT2D eigenvalue weighted by Gasteiger charge is 2.11. The van der Waals surface area contributed by atoms with Gasteiger partial charge in [-0.3, -0.25) is 9.59 Å². The molecule has 0 atom stereocenters. The van der Waals surface area contributed by atoms with Crippen LogP contribution in [0.2, 0.25) is 0 Å². The van der Waals surface area contributed by atoms with Crippen molar-refractivity contribution in [3.8, 4) is 0 Å². The molecule has 1 heterocycles. The summed E-state index contributed by atoms with van der Waals surface area (Å²) in [6, 6.07) is 16.7. The lowest BCUT2D eigenvalue weighted by atomic mass is 10.2. The van der Waals surface area contributed by atoms with E-state index in [1.165, 1.54) is 18.7 Å². The van der Waals surface area contributed by atoms with Gasteiger partial charge in [0, 0.05) is 24.1 Å². The fourth-order valence-corrected chi connectivity index (χ4v) is 3.07. The van der Waals surface area contributed by atoms with E-state index < -0.39 is 5.56 Å². The van der Waals surface area contributed by atoms with Crippen LogP contribution in [0.25, 0.3) is 0 Å². The zero-order valence-corrected chi connectivity index (χ0v) is 15.4. The molecule has 2 aromatic carbocycles. The summed E-state index contributed by atoms with van der Waals surface area (Å²) < 4.78 is 0.981. The van der Waals surface area contributed by atoms with Crippen molar-refractivity contribution in [1.82, 2.24) is 14.9 Å². The van der Waals surface area contributed by atoms with E-state index in [4.69, 9.17) is 5.84 Å². The molecule has 138 valence electrons. The Morgan fingerprint density at radius 2 is 1.74 bits per heavy atom. The average Bonchev–Trinajstić information content (AvgIpc) is 2.67. The van der Waals surface area contributed by atoms with Crippen molar-refractivity contribution < 1.29 is 4.79 Å². The minimum absolute atomic E-state index is 0.0221. The van der Waals surface area contributed by atoms with E-state index in [1.54, 1.807) is 24.3 Å². The molecule has 0 saturated heterocycles. The van der Waals surface area contributed by atoms with E-state index in [0.717, 1.165) is 10.2 Å². The summed E-state index contributed by atoms with van der Waals surface area (Å²) >= 11 is 1.33. The minimum Gasteiger partial charge on any atom is -0.334 e. The largest absolute Gasteiger partial charge is 0.334 e. The molecule has 0 aliphatic rings. The standard InChI is InChI=1S/C18H18N6O2S/c1-12(25)20-14-7-9-15(10-8-14)21-16-17(26)24(19)18(23-22-16)27-11-13-5-3-2-4-6-13/h2-10H,11,19H2,1H3,(H,20,25)(H,21,22). The lowest BCUT2D eigenvalue weighted by Crippen LogP contribution is -2.32. The highest BCUT2D eigenvalue weighted by molar-refractivity contribution is 7.98.